The van der Waals surface area contributed by atoms with E-state index < -0.39 is 12.0 Å². The lowest BCUT2D eigenvalue weighted by molar-refractivity contribution is 0.0698. The van der Waals surface area contributed by atoms with E-state index in [2.05, 4.69) is 17.2 Å². The number of thioether (sulfide) groups is 1. The quantitative estimate of drug-likeness (QED) is 0.534. The third-order valence-electron chi connectivity index (χ3n) is 2.72. The number of carbonyl (C=O) groups is 2. The van der Waals surface area contributed by atoms with E-state index in [1.165, 1.54) is 0 Å². The summed E-state index contributed by atoms with van der Waals surface area (Å²) in [5.41, 5.74) is 2.01. The fourth-order valence-corrected chi connectivity index (χ4v) is 2.44. The van der Waals surface area contributed by atoms with Crippen molar-refractivity contribution in [1.29, 1.82) is 0 Å². The highest BCUT2D eigenvalue weighted by molar-refractivity contribution is 7.99. The fourth-order valence-electron chi connectivity index (χ4n) is 1.86. The maximum atomic E-state index is 11.8. The van der Waals surface area contributed by atoms with E-state index in [-0.39, 0.29) is 5.56 Å². The van der Waals surface area contributed by atoms with Gasteiger partial charge in [-0.1, -0.05) is 12.1 Å². The van der Waals surface area contributed by atoms with Gasteiger partial charge in [-0.25, -0.2) is 9.59 Å². The van der Waals surface area contributed by atoms with Gasteiger partial charge in [0.1, 0.15) is 0 Å². The van der Waals surface area contributed by atoms with Gasteiger partial charge in [-0.2, -0.15) is 11.8 Å². The standard InChI is InChI=1S/C15H20N2O3S/c1-4-6-21-7-5-16-15(20)17-13-11(3)8-10(2)9-12(13)14(18)19/h4,8-9H,1,5-7H2,2-3H3,(H,18,19)(H2,16,17,20). The zero-order valence-electron chi connectivity index (χ0n) is 12.2. The summed E-state index contributed by atoms with van der Waals surface area (Å²) < 4.78 is 0. The van der Waals surface area contributed by atoms with E-state index in [4.69, 9.17) is 0 Å². The molecule has 0 bridgehead atoms. The SMILES string of the molecule is C=CCSCCNC(=O)Nc1c(C)cc(C)cc1C(=O)O. The Balaban J connectivity index is 2.67. The second-order valence-corrected chi connectivity index (χ2v) is 5.70. The van der Waals surface area contributed by atoms with Crippen molar-refractivity contribution >= 4 is 29.4 Å². The van der Waals surface area contributed by atoms with Crippen LogP contribution in [0.25, 0.3) is 0 Å². The summed E-state index contributed by atoms with van der Waals surface area (Å²) in [5.74, 6) is 0.556. The van der Waals surface area contributed by atoms with E-state index in [0.29, 0.717) is 12.2 Å². The number of carbonyl (C=O) groups excluding carboxylic acids is 1. The molecule has 0 radical (unpaired) electrons. The van der Waals surface area contributed by atoms with Gasteiger partial charge in [-0.3, -0.25) is 0 Å². The molecule has 0 saturated carbocycles. The monoisotopic (exact) mass is 308 g/mol. The smallest absolute Gasteiger partial charge is 0.337 e. The average molecular weight is 308 g/mol. The average Bonchev–Trinajstić information content (AvgIpc) is 2.41. The lowest BCUT2D eigenvalue weighted by atomic mass is 10.0. The molecule has 0 saturated heterocycles. The third kappa shape index (κ3) is 5.51. The highest BCUT2D eigenvalue weighted by Gasteiger charge is 2.15. The van der Waals surface area contributed by atoms with Crippen LogP contribution in [0.3, 0.4) is 0 Å². The predicted molar refractivity (Wildman–Crippen MR) is 87.4 cm³/mol. The summed E-state index contributed by atoms with van der Waals surface area (Å²) in [6.07, 6.45) is 1.81. The molecule has 0 aliphatic carbocycles. The number of rotatable bonds is 7. The number of nitrogens with one attached hydrogen (secondary N) is 2. The van der Waals surface area contributed by atoms with Crippen LogP contribution in [0, 0.1) is 13.8 Å². The lowest BCUT2D eigenvalue weighted by Crippen LogP contribution is -2.31. The number of anilines is 1. The first-order chi connectivity index (χ1) is 9.95. The largest absolute Gasteiger partial charge is 0.478 e. The number of aryl methyl sites for hydroxylation is 2. The maximum absolute atomic E-state index is 11.8. The molecular weight excluding hydrogens is 288 g/mol. The summed E-state index contributed by atoms with van der Waals surface area (Å²) in [6.45, 7) is 7.72. The molecule has 0 fully saturated rings. The van der Waals surface area contributed by atoms with Gasteiger partial charge >= 0.3 is 12.0 Å². The van der Waals surface area contributed by atoms with Crippen LogP contribution in [0.2, 0.25) is 0 Å². The minimum atomic E-state index is -1.06. The van der Waals surface area contributed by atoms with Crippen molar-refractivity contribution in [2.45, 2.75) is 13.8 Å². The second-order valence-electron chi connectivity index (χ2n) is 4.55. The van der Waals surface area contributed by atoms with Gasteiger partial charge in [0, 0.05) is 18.1 Å². The molecule has 2 amide bonds. The summed E-state index contributed by atoms with van der Waals surface area (Å²) >= 11 is 1.66. The van der Waals surface area contributed by atoms with Crippen LogP contribution in [0.5, 0.6) is 0 Å². The van der Waals surface area contributed by atoms with Gasteiger partial charge in [0.05, 0.1) is 11.3 Å². The van der Waals surface area contributed by atoms with Crippen molar-refractivity contribution in [2.75, 3.05) is 23.4 Å². The first kappa shape index (κ1) is 17.1. The van der Waals surface area contributed by atoms with E-state index in [1.807, 2.05) is 13.0 Å². The molecular formula is C15H20N2O3S. The molecule has 5 nitrogen and oxygen atoms in total. The summed E-state index contributed by atoms with van der Waals surface area (Å²) in [5, 5.41) is 14.5. The Labute approximate surface area is 128 Å². The van der Waals surface area contributed by atoms with Gasteiger partial charge < -0.3 is 15.7 Å². The molecule has 0 atom stereocenters. The predicted octanol–water partition coefficient (Wildman–Crippen LogP) is 3.04. The number of hydrogen-bond acceptors (Lipinski definition) is 3. The molecule has 0 spiro atoms. The Kier molecular flexibility index (Phi) is 6.81. The molecule has 1 rings (SSSR count). The van der Waals surface area contributed by atoms with Crippen LogP contribution in [-0.4, -0.2) is 35.2 Å². The molecule has 114 valence electrons. The van der Waals surface area contributed by atoms with Crippen molar-refractivity contribution in [1.82, 2.24) is 5.32 Å². The normalized spacial score (nSPS) is 10.0. The molecule has 1 aromatic carbocycles. The molecule has 21 heavy (non-hydrogen) atoms. The number of urea groups is 1. The Hall–Kier alpha value is -1.95. The Morgan fingerprint density at radius 3 is 2.71 bits per heavy atom. The lowest BCUT2D eigenvalue weighted by Gasteiger charge is -2.13. The van der Waals surface area contributed by atoms with Crippen LogP contribution in [0.1, 0.15) is 21.5 Å². The van der Waals surface area contributed by atoms with E-state index in [9.17, 15) is 14.7 Å². The number of hydrogen-bond donors (Lipinski definition) is 3. The topological polar surface area (TPSA) is 78.4 Å². The van der Waals surface area contributed by atoms with Gasteiger partial charge in [0.2, 0.25) is 0 Å². The van der Waals surface area contributed by atoms with Crippen molar-refractivity contribution < 1.29 is 14.7 Å². The molecule has 3 N–H and O–H groups in total. The highest BCUT2D eigenvalue weighted by atomic mass is 32.2. The van der Waals surface area contributed by atoms with Gasteiger partial charge in [-0.15, -0.1) is 6.58 Å². The fraction of sp³-hybridized carbons (Fsp3) is 0.333. The first-order valence-electron chi connectivity index (χ1n) is 6.53. The summed E-state index contributed by atoms with van der Waals surface area (Å²) in [7, 11) is 0. The molecule has 0 aromatic heterocycles. The van der Waals surface area contributed by atoms with Gasteiger partial charge in [0.25, 0.3) is 0 Å². The molecule has 0 unspecified atom stereocenters. The van der Waals surface area contributed by atoms with Crippen LogP contribution in [0.15, 0.2) is 24.8 Å². The number of aromatic carboxylic acids is 1. The third-order valence-corrected chi connectivity index (χ3v) is 3.68. The molecule has 1 aromatic rings. The van der Waals surface area contributed by atoms with Crippen LogP contribution in [0.4, 0.5) is 10.5 Å². The van der Waals surface area contributed by atoms with Crippen LogP contribution in [-0.2, 0) is 0 Å². The molecule has 0 aliphatic heterocycles. The number of benzene rings is 1. The minimum Gasteiger partial charge on any atom is -0.478 e. The molecule has 0 heterocycles. The van der Waals surface area contributed by atoms with E-state index >= 15 is 0 Å². The van der Waals surface area contributed by atoms with Crippen molar-refractivity contribution in [3.8, 4) is 0 Å². The van der Waals surface area contributed by atoms with Gasteiger partial charge in [0.15, 0.2) is 0 Å². The van der Waals surface area contributed by atoms with E-state index in [1.54, 1.807) is 30.8 Å². The first-order valence-corrected chi connectivity index (χ1v) is 7.69. The number of amides is 2. The summed E-state index contributed by atoms with van der Waals surface area (Å²) in [4.78, 5) is 23.1. The van der Waals surface area contributed by atoms with Crippen molar-refractivity contribution in [3.05, 3.63) is 41.5 Å². The Bertz CT molecular complexity index is 544. The minimum absolute atomic E-state index is 0.101. The zero-order valence-corrected chi connectivity index (χ0v) is 13.0. The Morgan fingerprint density at radius 1 is 1.38 bits per heavy atom. The molecule has 6 heteroatoms. The number of carboxylic acid groups (broad SMARTS) is 1. The second kappa shape index (κ2) is 8.36. The highest BCUT2D eigenvalue weighted by Crippen LogP contribution is 2.22. The van der Waals surface area contributed by atoms with E-state index in [0.717, 1.165) is 22.6 Å². The maximum Gasteiger partial charge on any atom is 0.337 e. The van der Waals surface area contributed by atoms with Crippen LogP contribution < -0.4 is 10.6 Å². The van der Waals surface area contributed by atoms with Crippen LogP contribution >= 0.6 is 11.8 Å². The Morgan fingerprint density at radius 2 is 2.10 bits per heavy atom. The van der Waals surface area contributed by atoms with Crippen molar-refractivity contribution in [2.24, 2.45) is 0 Å². The van der Waals surface area contributed by atoms with Crippen molar-refractivity contribution in [3.63, 3.8) is 0 Å². The molecule has 0 aliphatic rings. The van der Waals surface area contributed by atoms with Gasteiger partial charge in [-0.05, 0) is 31.0 Å². The summed E-state index contributed by atoms with van der Waals surface area (Å²) in [6, 6.07) is 2.98. The zero-order chi connectivity index (χ0) is 15.8. The number of carboxylic acids is 1.